The molecule has 1 aliphatic heterocycles. The highest BCUT2D eigenvalue weighted by molar-refractivity contribution is 5.79. The molecule has 0 amide bonds. The lowest BCUT2D eigenvalue weighted by atomic mass is 9.85. The number of hydrogen-bond donors (Lipinski definition) is 0. The summed E-state index contributed by atoms with van der Waals surface area (Å²) in [7, 11) is 0. The summed E-state index contributed by atoms with van der Waals surface area (Å²) >= 11 is 0. The average Bonchev–Trinajstić information content (AvgIpc) is 2.19. The molecular formula is C12H21NO. The molecule has 2 aliphatic rings. The molecule has 2 nitrogen and oxygen atoms in total. The van der Waals surface area contributed by atoms with Crippen molar-refractivity contribution in [2.24, 2.45) is 5.92 Å². The Morgan fingerprint density at radius 2 is 1.93 bits per heavy atom. The summed E-state index contributed by atoms with van der Waals surface area (Å²) in [6.45, 7) is 4.41. The summed E-state index contributed by atoms with van der Waals surface area (Å²) in [4.78, 5) is 13.7. The molecule has 0 radical (unpaired) electrons. The Balaban J connectivity index is 1.85. The maximum absolute atomic E-state index is 11.1. The molecule has 0 bridgehead atoms. The van der Waals surface area contributed by atoms with Crippen LogP contribution in [0.1, 0.15) is 45.4 Å². The molecule has 14 heavy (non-hydrogen) atoms. The highest BCUT2D eigenvalue weighted by Gasteiger charge is 2.27. The summed E-state index contributed by atoms with van der Waals surface area (Å²) in [6, 6.07) is 0.784. The number of piperidine rings is 1. The van der Waals surface area contributed by atoms with Gasteiger partial charge in [-0.05, 0) is 18.8 Å². The van der Waals surface area contributed by atoms with Gasteiger partial charge in [-0.25, -0.2) is 0 Å². The van der Waals surface area contributed by atoms with E-state index < -0.39 is 0 Å². The first-order valence-electron chi connectivity index (χ1n) is 6.01. The molecule has 1 heterocycles. The fourth-order valence-corrected chi connectivity index (χ4v) is 2.87. The van der Waals surface area contributed by atoms with Crippen LogP contribution >= 0.6 is 0 Å². The van der Waals surface area contributed by atoms with Crippen molar-refractivity contribution in [2.45, 2.75) is 51.5 Å². The third-order valence-corrected chi connectivity index (χ3v) is 3.78. The normalized spacial score (nSPS) is 35.9. The van der Waals surface area contributed by atoms with Crippen LogP contribution in [0.25, 0.3) is 0 Å². The first-order chi connectivity index (χ1) is 6.75. The van der Waals surface area contributed by atoms with Crippen molar-refractivity contribution in [3.63, 3.8) is 0 Å². The van der Waals surface area contributed by atoms with E-state index in [0.29, 0.717) is 5.78 Å². The van der Waals surface area contributed by atoms with Crippen molar-refractivity contribution >= 4 is 5.78 Å². The Morgan fingerprint density at radius 1 is 1.21 bits per heavy atom. The number of rotatable bonds is 1. The van der Waals surface area contributed by atoms with Gasteiger partial charge in [0.25, 0.3) is 0 Å². The van der Waals surface area contributed by atoms with E-state index in [-0.39, 0.29) is 0 Å². The van der Waals surface area contributed by atoms with Crippen LogP contribution in [0.4, 0.5) is 0 Å². The molecule has 0 aromatic carbocycles. The summed E-state index contributed by atoms with van der Waals surface area (Å²) in [5.41, 5.74) is 0. The molecule has 2 atom stereocenters. The topological polar surface area (TPSA) is 20.3 Å². The average molecular weight is 195 g/mol. The van der Waals surface area contributed by atoms with Gasteiger partial charge in [0.05, 0.1) is 0 Å². The monoisotopic (exact) mass is 195 g/mol. The minimum absolute atomic E-state index is 0.463. The summed E-state index contributed by atoms with van der Waals surface area (Å²) in [6.07, 6.45) is 7.10. The highest BCUT2D eigenvalue weighted by atomic mass is 16.1. The highest BCUT2D eigenvalue weighted by Crippen LogP contribution is 2.28. The zero-order valence-electron chi connectivity index (χ0n) is 9.17. The minimum atomic E-state index is 0.463. The fraction of sp³-hybridized carbons (Fsp3) is 0.917. The fourth-order valence-electron chi connectivity index (χ4n) is 2.87. The molecule has 0 N–H and O–H groups in total. The van der Waals surface area contributed by atoms with Gasteiger partial charge >= 0.3 is 0 Å². The van der Waals surface area contributed by atoms with Gasteiger partial charge in [-0.15, -0.1) is 0 Å². The Morgan fingerprint density at radius 3 is 2.57 bits per heavy atom. The second-order valence-electron chi connectivity index (χ2n) is 5.00. The van der Waals surface area contributed by atoms with Crippen LogP contribution in [0.2, 0.25) is 0 Å². The molecule has 2 unspecified atom stereocenters. The third kappa shape index (κ3) is 2.35. The van der Waals surface area contributed by atoms with E-state index in [9.17, 15) is 4.79 Å². The zero-order chi connectivity index (χ0) is 9.97. The van der Waals surface area contributed by atoms with Crippen molar-refractivity contribution in [1.82, 2.24) is 4.90 Å². The van der Waals surface area contributed by atoms with E-state index in [1.54, 1.807) is 0 Å². The van der Waals surface area contributed by atoms with Gasteiger partial charge in [0.2, 0.25) is 0 Å². The molecule has 0 aromatic heterocycles. The molecule has 1 saturated carbocycles. The maximum atomic E-state index is 11.1. The Labute approximate surface area is 86.7 Å². The van der Waals surface area contributed by atoms with Crippen LogP contribution < -0.4 is 0 Å². The largest absolute Gasteiger partial charge is 0.300 e. The first kappa shape index (κ1) is 10.2. The first-order valence-corrected chi connectivity index (χ1v) is 6.01. The molecule has 2 fully saturated rings. The molecule has 2 heteroatoms. The van der Waals surface area contributed by atoms with Gasteiger partial charge in [-0.3, -0.25) is 9.69 Å². The van der Waals surface area contributed by atoms with E-state index >= 15 is 0 Å². The molecule has 2 rings (SSSR count). The van der Waals surface area contributed by atoms with Crippen molar-refractivity contribution in [2.75, 3.05) is 13.1 Å². The molecular weight excluding hydrogens is 174 g/mol. The van der Waals surface area contributed by atoms with Crippen LogP contribution in [0.3, 0.4) is 0 Å². The molecule has 0 spiro atoms. The van der Waals surface area contributed by atoms with Gasteiger partial charge in [0, 0.05) is 32.0 Å². The van der Waals surface area contributed by atoms with E-state index in [2.05, 4.69) is 11.8 Å². The van der Waals surface area contributed by atoms with Crippen LogP contribution in [0.15, 0.2) is 0 Å². The minimum Gasteiger partial charge on any atom is -0.300 e. The summed E-state index contributed by atoms with van der Waals surface area (Å²) in [5.74, 6) is 1.36. The quantitative estimate of drug-likeness (QED) is 0.639. The van der Waals surface area contributed by atoms with Crippen molar-refractivity contribution in [3.05, 3.63) is 0 Å². The smallest absolute Gasteiger partial charge is 0.135 e. The summed E-state index contributed by atoms with van der Waals surface area (Å²) in [5, 5.41) is 0. The lowest BCUT2D eigenvalue weighted by molar-refractivity contribution is -0.122. The Bertz CT molecular complexity index is 204. The van der Waals surface area contributed by atoms with Gasteiger partial charge in [0.1, 0.15) is 5.78 Å². The van der Waals surface area contributed by atoms with Crippen LogP contribution in [0.5, 0.6) is 0 Å². The lowest BCUT2D eigenvalue weighted by Crippen LogP contribution is -2.43. The van der Waals surface area contributed by atoms with E-state index in [1.807, 2.05) is 0 Å². The number of carbonyl (C=O) groups is 1. The van der Waals surface area contributed by atoms with Crippen LogP contribution in [0, 0.1) is 5.92 Å². The predicted octanol–water partition coefficient (Wildman–Crippen LogP) is 2.23. The number of Topliss-reactive ketones (excluding diaryl/α,β-unsaturated/α-hetero) is 1. The molecule has 80 valence electrons. The molecule has 0 aromatic rings. The standard InChI is InChI=1S/C12H21NO/c1-10-3-2-4-11(9-10)13-7-5-12(14)6-8-13/h10-11H,2-9H2,1H3. The summed E-state index contributed by atoms with van der Waals surface area (Å²) < 4.78 is 0. The number of hydrogen-bond acceptors (Lipinski definition) is 2. The van der Waals surface area contributed by atoms with Crippen LogP contribution in [-0.4, -0.2) is 29.8 Å². The van der Waals surface area contributed by atoms with Crippen LogP contribution in [-0.2, 0) is 4.79 Å². The second-order valence-corrected chi connectivity index (χ2v) is 5.00. The van der Waals surface area contributed by atoms with Crippen molar-refractivity contribution < 1.29 is 4.79 Å². The van der Waals surface area contributed by atoms with Gasteiger partial charge in [-0.2, -0.15) is 0 Å². The van der Waals surface area contributed by atoms with Gasteiger partial charge in [-0.1, -0.05) is 19.8 Å². The van der Waals surface area contributed by atoms with E-state index in [1.165, 1.54) is 25.7 Å². The molecule has 1 aliphatic carbocycles. The van der Waals surface area contributed by atoms with Crippen molar-refractivity contribution in [3.8, 4) is 0 Å². The van der Waals surface area contributed by atoms with Gasteiger partial charge < -0.3 is 0 Å². The number of ketones is 1. The predicted molar refractivity (Wildman–Crippen MR) is 57.2 cm³/mol. The molecule has 1 saturated heterocycles. The third-order valence-electron chi connectivity index (χ3n) is 3.78. The Hall–Kier alpha value is -0.370. The number of likely N-dealkylation sites (tertiary alicyclic amines) is 1. The van der Waals surface area contributed by atoms with Gasteiger partial charge in [0.15, 0.2) is 0 Å². The number of nitrogens with zero attached hydrogens (tertiary/aromatic N) is 1. The van der Waals surface area contributed by atoms with E-state index in [0.717, 1.165) is 37.9 Å². The maximum Gasteiger partial charge on any atom is 0.135 e. The van der Waals surface area contributed by atoms with E-state index in [4.69, 9.17) is 0 Å². The van der Waals surface area contributed by atoms with Crippen molar-refractivity contribution in [1.29, 1.82) is 0 Å². The lowest BCUT2D eigenvalue weighted by Gasteiger charge is -2.38. The Kier molecular flexibility index (Phi) is 3.22. The number of carbonyl (C=O) groups excluding carboxylic acids is 1. The zero-order valence-corrected chi connectivity index (χ0v) is 9.17. The second kappa shape index (κ2) is 4.43. The SMILES string of the molecule is CC1CCCC(N2CCC(=O)CC2)C1.